The van der Waals surface area contributed by atoms with Crippen molar-refractivity contribution in [1.29, 1.82) is 0 Å². The quantitative estimate of drug-likeness (QED) is 0.610. The average Bonchev–Trinajstić information content (AvgIpc) is 3.00. The Morgan fingerprint density at radius 1 is 1.25 bits per heavy atom. The van der Waals surface area contributed by atoms with Crippen LogP contribution < -0.4 is 0 Å². The van der Waals surface area contributed by atoms with Gasteiger partial charge in [-0.05, 0) is 30.3 Å². The fourth-order valence-corrected chi connectivity index (χ4v) is 2.93. The molecule has 1 aliphatic heterocycles. The molecule has 3 rings (SSSR count). The number of carbonyl (C=O) groups is 1. The number of aliphatic hydroxyl groups is 1. The van der Waals surface area contributed by atoms with E-state index in [0.29, 0.717) is 5.01 Å². The Labute approximate surface area is 160 Å². The van der Waals surface area contributed by atoms with Crippen LogP contribution in [0.2, 0.25) is 5.02 Å². The fraction of sp³-hybridized carbons (Fsp3) is 0.176. The second kappa shape index (κ2) is 6.88. The summed E-state index contributed by atoms with van der Waals surface area (Å²) in [5, 5.41) is 25.5. The maximum Gasteiger partial charge on any atom is 0.431 e. The van der Waals surface area contributed by atoms with Crippen LogP contribution in [0.4, 0.5) is 18.9 Å². The lowest BCUT2D eigenvalue weighted by molar-refractivity contribution is -0.384. The van der Waals surface area contributed by atoms with E-state index in [-0.39, 0.29) is 21.8 Å². The summed E-state index contributed by atoms with van der Waals surface area (Å²) in [7, 11) is 0. The van der Waals surface area contributed by atoms with Crippen LogP contribution in [0, 0.1) is 10.1 Å². The molecule has 146 valence electrons. The maximum atomic E-state index is 13.2. The first-order chi connectivity index (χ1) is 13.0. The number of benzene rings is 2. The average molecular weight is 414 g/mol. The van der Waals surface area contributed by atoms with Crippen molar-refractivity contribution in [3.8, 4) is 0 Å². The molecule has 0 spiro atoms. The number of halogens is 4. The van der Waals surface area contributed by atoms with Gasteiger partial charge in [-0.15, -0.1) is 0 Å². The monoisotopic (exact) mass is 413 g/mol. The first-order valence-electron chi connectivity index (χ1n) is 7.74. The highest BCUT2D eigenvalue weighted by Gasteiger charge is 2.53. The zero-order valence-electron chi connectivity index (χ0n) is 13.9. The number of hydrogen-bond acceptors (Lipinski definition) is 5. The number of alkyl halides is 3. The minimum atomic E-state index is -4.88. The van der Waals surface area contributed by atoms with Gasteiger partial charge < -0.3 is 5.11 Å². The van der Waals surface area contributed by atoms with Gasteiger partial charge in [-0.3, -0.25) is 14.9 Å². The third-order valence-electron chi connectivity index (χ3n) is 4.12. The highest BCUT2D eigenvalue weighted by atomic mass is 35.5. The third kappa shape index (κ3) is 3.56. The number of non-ortho nitro benzene ring substituents is 1. The SMILES string of the molecule is O=C(c1cccc(Cl)c1)N1N=C(C(F)(F)F)C[C@]1(O)c1ccc([N+](=O)[O-])cc1. The second-order valence-corrected chi connectivity index (χ2v) is 6.41. The minimum Gasteiger partial charge on any atom is -0.365 e. The van der Waals surface area contributed by atoms with Gasteiger partial charge in [0.2, 0.25) is 0 Å². The summed E-state index contributed by atoms with van der Waals surface area (Å²) in [5.74, 6) is -1.01. The molecular formula is C17H11ClF3N3O4. The fourth-order valence-electron chi connectivity index (χ4n) is 2.74. The van der Waals surface area contributed by atoms with Gasteiger partial charge in [0.15, 0.2) is 5.72 Å². The van der Waals surface area contributed by atoms with E-state index < -0.39 is 34.9 Å². The molecule has 1 N–H and O–H groups in total. The van der Waals surface area contributed by atoms with Crippen LogP contribution in [0.5, 0.6) is 0 Å². The van der Waals surface area contributed by atoms with E-state index >= 15 is 0 Å². The number of hydrazone groups is 1. The van der Waals surface area contributed by atoms with Crippen molar-refractivity contribution in [3.63, 3.8) is 0 Å². The summed E-state index contributed by atoms with van der Waals surface area (Å²) in [5.41, 5.74) is -4.39. The number of rotatable bonds is 3. The predicted molar refractivity (Wildman–Crippen MR) is 92.7 cm³/mol. The summed E-state index contributed by atoms with van der Waals surface area (Å²) in [6.45, 7) is 0. The van der Waals surface area contributed by atoms with Crippen LogP contribution in [-0.4, -0.2) is 32.8 Å². The van der Waals surface area contributed by atoms with Crippen molar-refractivity contribution >= 4 is 28.9 Å². The smallest absolute Gasteiger partial charge is 0.365 e. The summed E-state index contributed by atoms with van der Waals surface area (Å²) in [6, 6.07) is 9.60. The number of nitro groups is 1. The van der Waals surface area contributed by atoms with E-state index in [9.17, 15) is 33.2 Å². The Balaban J connectivity index is 2.07. The molecule has 11 heteroatoms. The first-order valence-corrected chi connectivity index (χ1v) is 8.12. The summed E-state index contributed by atoms with van der Waals surface area (Å²) in [4.78, 5) is 22.8. The molecule has 0 bridgehead atoms. The lowest BCUT2D eigenvalue weighted by Gasteiger charge is -2.31. The molecule has 0 radical (unpaired) electrons. The molecule has 1 heterocycles. The molecule has 0 unspecified atom stereocenters. The Kier molecular flexibility index (Phi) is 4.86. The Bertz CT molecular complexity index is 978. The van der Waals surface area contributed by atoms with Gasteiger partial charge in [0.1, 0.15) is 5.71 Å². The van der Waals surface area contributed by atoms with Crippen molar-refractivity contribution in [2.45, 2.75) is 18.3 Å². The van der Waals surface area contributed by atoms with Crippen molar-refractivity contribution in [1.82, 2.24) is 5.01 Å². The molecular weight excluding hydrogens is 403 g/mol. The molecule has 0 saturated carbocycles. The first kappa shape index (κ1) is 19.8. The third-order valence-corrected chi connectivity index (χ3v) is 4.35. The van der Waals surface area contributed by atoms with Crippen LogP contribution >= 0.6 is 11.6 Å². The second-order valence-electron chi connectivity index (χ2n) is 5.97. The summed E-state index contributed by atoms with van der Waals surface area (Å²) < 4.78 is 39.6. The molecule has 1 atom stereocenters. The predicted octanol–water partition coefficient (Wildman–Crippen LogP) is 3.86. The number of amides is 1. The number of carbonyl (C=O) groups excluding carboxylic acids is 1. The van der Waals surface area contributed by atoms with Gasteiger partial charge in [-0.25, -0.2) is 0 Å². The van der Waals surface area contributed by atoms with Crippen molar-refractivity contribution in [3.05, 3.63) is 74.8 Å². The normalized spacial score (nSPS) is 19.5. The van der Waals surface area contributed by atoms with Gasteiger partial charge in [-0.2, -0.15) is 23.3 Å². The molecule has 2 aromatic carbocycles. The van der Waals surface area contributed by atoms with Crippen molar-refractivity contribution in [2.75, 3.05) is 0 Å². The van der Waals surface area contributed by atoms with Gasteiger partial charge >= 0.3 is 6.18 Å². The standard InChI is InChI=1S/C17H11ClF3N3O4/c18-12-3-1-2-10(8-12)15(25)23-16(26,9-14(22-23)17(19,20)21)11-4-6-13(7-5-11)24(27)28/h1-8,26H,9H2/t16-/m0/s1. The molecule has 0 saturated heterocycles. The van der Waals surface area contributed by atoms with Crippen LogP contribution in [0.15, 0.2) is 53.6 Å². The van der Waals surface area contributed by atoms with Crippen LogP contribution in [0.3, 0.4) is 0 Å². The van der Waals surface area contributed by atoms with Crippen LogP contribution in [0.25, 0.3) is 0 Å². The lowest BCUT2D eigenvalue weighted by Crippen LogP contribution is -2.43. The zero-order chi connectivity index (χ0) is 20.7. The maximum absolute atomic E-state index is 13.2. The molecule has 0 aromatic heterocycles. The van der Waals surface area contributed by atoms with Crippen LogP contribution in [0.1, 0.15) is 22.3 Å². The van der Waals surface area contributed by atoms with E-state index in [1.54, 1.807) is 0 Å². The number of hydrogen-bond donors (Lipinski definition) is 1. The molecule has 1 aliphatic rings. The van der Waals surface area contributed by atoms with Crippen molar-refractivity contribution in [2.24, 2.45) is 5.10 Å². The number of nitrogens with zero attached hydrogens (tertiary/aromatic N) is 3. The minimum absolute atomic E-state index is 0.0833. The molecule has 7 nitrogen and oxygen atoms in total. The molecule has 28 heavy (non-hydrogen) atoms. The summed E-state index contributed by atoms with van der Waals surface area (Å²) >= 11 is 5.82. The van der Waals surface area contributed by atoms with E-state index in [1.807, 2.05) is 0 Å². The summed E-state index contributed by atoms with van der Waals surface area (Å²) in [6.07, 6.45) is -5.90. The highest BCUT2D eigenvalue weighted by molar-refractivity contribution is 6.31. The van der Waals surface area contributed by atoms with E-state index in [2.05, 4.69) is 5.10 Å². The Morgan fingerprint density at radius 2 is 1.89 bits per heavy atom. The van der Waals surface area contributed by atoms with E-state index in [1.165, 1.54) is 24.3 Å². The Hall–Kier alpha value is -2.98. The highest BCUT2D eigenvalue weighted by Crippen LogP contribution is 2.40. The van der Waals surface area contributed by atoms with Crippen LogP contribution in [-0.2, 0) is 5.72 Å². The van der Waals surface area contributed by atoms with Gasteiger partial charge in [0.25, 0.3) is 11.6 Å². The van der Waals surface area contributed by atoms with E-state index in [4.69, 9.17) is 11.6 Å². The Morgan fingerprint density at radius 3 is 2.43 bits per heavy atom. The van der Waals surface area contributed by atoms with Gasteiger partial charge in [0, 0.05) is 28.3 Å². The molecule has 0 aliphatic carbocycles. The largest absolute Gasteiger partial charge is 0.431 e. The van der Waals surface area contributed by atoms with Crippen molar-refractivity contribution < 1.29 is 28.0 Å². The van der Waals surface area contributed by atoms with E-state index in [0.717, 1.165) is 24.3 Å². The number of nitro benzene ring substituents is 1. The zero-order valence-corrected chi connectivity index (χ0v) is 14.6. The lowest BCUT2D eigenvalue weighted by atomic mass is 9.96. The molecule has 2 aromatic rings. The molecule has 1 amide bonds. The van der Waals surface area contributed by atoms with Gasteiger partial charge in [-0.1, -0.05) is 17.7 Å². The topological polar surface area (TPSA) is 96.0 Å². The molecule has 0 fully saturated rings. The van der Waals surface area contributed by atoms with Gasteiger partial charge in [0.05, 0.1) is 11.3 Å².